The van der Waals surface area contributed by atoms with Crippen molar-refractivity contribution in [3.8, 4) is 0 Å². The number of nitrogens with one attached hydrogen (secondary N) is 1. The first-order valence-electron chi connectivity index (χ1n) is 6.75. The Hall–Kier alpha value is -1.16. The molecule has 0 radical (unpaired) electrons. The van der Waals surface area contributed by atoms with Crippen molar-refractivity contribution >= 4 is 23.4 Å². The minimum absolute atomic E-state index is 0.143. The smallest absolute Gasteiger partial charge is 0.256 e. The number of benzene rings is 1. The van der Waals surface area contributed by atoms with Crippen LogP contribution in [-0.4, -0.2) is 41.4 Å². The maximum atomic E-state index is 12.7. The number of hydrogen-bond donors (Lipinski definition) is 1. The zero-order valence-electron chi connectivity index (χ0n) is 12.1. The molecule has 2 unspecified atom stereocenters. The summed E-state index contributed by atoms with van der Waals surface area (Å²) in [6, 6.07) is 6.25. The number of carbonyl (C=O) groups is 1. The Balaban J connectivity index is 2.28. The molecular weight excluding hydrogens is 256 g/mol. The zero-order valence-corrected chi connectivity index (χ0v) is 12.9. The van der Waals surface area contributed by atoms with Crippen molar-refractivity contribution in [1.82, 2.24) is 4.90 Å². The van der Waals surface area contributed by atoms with E-state index in [1.54, 1.807) is 0 Å². The van der Waals surface area contributed by atoms with Crippen LogP contribution in [0.2, 0.25) is 0 Å². The lowest BCUT2D eigenvalue weighted by Gasteiger charge is -2.37. The molecule has 3 nitrogen and oxygen atoms in total. The Bertz CT molecular complexity index is 475. The van der Waals surface area contributed by atoms with E-state index in [9.17, 15) is 4.79 Å². The summed E-state index contributed by atoms with van der Waals surface area (Å²) in [6.07, 6.45) is 0. The van der Waals surface area contributed by atoms with Crippen LogP contribution in [0.3, 0.4) is 0 Å². The Morgan fingerprint density at radius 1 is 1.42 bits per heavy atom. The molecule has 0 saturated carbocycles. The van der Waals surface area contributed by atoms with Crippen LogP contribution in [0.5, 0.6) is 0 Å². The van der Waals surface area contributed by atoms with Crippen LogP contribution < -0.4 is 5.32 Å². The van der Waals surface area contributed by atoms with E-state index >= 15 is 0 Å². The van der Waals surface area contributed by atoms with E-state index in [1.165, 1.54) is 0 Å². The van der Waals surface area contributed by atoms with Crippen LogP contribution in [0.4, 0.5) is 5.69 Å². The predicted octanol–water partition coefficient (Wildman–Crippen LogP) is 3.00. The number of rotatable bonds is 2. The highest BCUT2D eigenvalue weighted by Crippen LogP contribution is 2.27. The Morgan fingerprint density at radius 3 is 2.84 bits per heavy atom. The molecule has 1 fully saturated rings. The highest BCUT2D eigenvalue weighted by molar-refractivity contribution is 8.00. The summed E-state index contributed by atoms with van der Waals surface area (Å²) in [6.45, 7) is 7.22. The summed E-state index contributed by atoms with van der Waals surface area (Å²) in [4.78, 5) is 14.7. The number of hydrogen-bond acceptors (Lipinski definition) is 3. The van der Waals surface area contributed by atoms with E-state index in [0.29, 0.717) is 5.25 Å². The van der Waals surface area contributed by atoms with Gasteiger partial charge in [0, 0.05) is 36.3 Å². The van der Waals surface area contributed by atoms with Gasteiger partial charge in [0.25, 0.3) is 5.91 Å². The monoisotopic (exact) mass is 278 g/mol. The van der Waals surface area contributed by atoms with Gasteiger partial charge in [-0.15, -0.1) is 0 Å². The second-order valence-electron chi connectivity index (χ2n) is 5.11. The van der Waals surface area contributed by atoms with Crippen molar-refractivity contribution in [3.05, 3.63) is 29.3 Å². The van der Waals surface area contributed by atoms with Gasteiger partial charge in [-0.05, 0) is 31.5 Å². The Labute approximate surface area is 119 Å². The molecule has 4 heteroatoms. The highest BCUT2D eigenvalue weighted by atomic mass is 32.2. The van der Waals surface area contributed by atoms with Crippen LogP contribution in [-0.2, 0) is 0 Å². The Kier molecular flexibility index (Phi) is 4.40. The van der Waals surface area contributed by atoms with Crippen molar-refractivity contribution in [2.24, 2.45) is 0 Å². The van der Waals surface area contributed by atoms with Crippen LogP contribution >= 0.6 is 11.8 Å². The van der Waals surface area contributed by atoms with Crippen molar-refractivity contribution in [2.45, 2.75) is 32.1 Å². The average Bonchev–Trinajstić information content (AvgIpc) is 2.41. The molecule has 1 aliphatic heterocycles. The molecule has 1 aliphatic rings. The molecule has 0 bridgehead atoms. The molecule has 0 aliphatic carbocycles. The fourth-order valence-electron chi connectivity index (χ4n) is 2.43. The number of anilines is 1. The largest absolute Gasteiger partial charge is 0.387 e. The Morgan fingerprint density at radius 2 is 2.16 bits per heavy atom. The third-order valence-electron chi connectivity index (χ3n) is 3.82. The summed E-state index contributed by atoms with van der Waals surface area (Å²) in [7, 11) is 1.86. The van der Waals surface area contributed by atoms with Gasteiger partial charge in [-0.2, -0.15) is 11.8 Å². The fraction of sp³-hybridized carbons (Fsp3) is 0.533. The second kappa shape index (κ2) is 5.87. The molecule has 2 rings (SSSR count). The van der Waals surface area contributed by atoms with E-state index in [-0.39, 0.29) is 11.9 Å². The molecule has 1 heterocycles. The van der Waals surface area contributed by atoms with Gasteiger partial charge < -0.3 is 10.2 Å². The van der Waals surface area contributed by atoms with Crippen molar-refractivity contribution in [3.63, 3.8) is 0 Å². The third-order valence-corrected chi connectivity index (χ3v) is 5.16. The van der Waals surface area contributed by atoms with E-state index < -0.39 is 0 Å². The van der Waals surface area contributed by atoms with Gasteiger partial charge >= 0.3 is 0 Å². The number of thioether (sulfide) groups is 1. The first-order chi connectivity index (χ1) is 9.04. The number of nitrogens with zero attached hydrogens (tertiary/aromatic N) is 1. The summed E-state index contributed by atoms with van der Waals surface area (Å²) >= 11 is 1.95. The van der Waals surface area contributed by atoms with Gasteiger partial charge in [0.2, 0.25) is 0 Å². The topological polar surface area (TPSA) is 32.3 Å². The summed E-state index contributed by atoms with van der Waals surface area (Å²) in [5.74, 6) is 1.17. The molecule has 1 N–H and O–H groups in total. The summed E-state index contributed by atoms with van der Waals surface area (Å²) in [5.41, 5.74) is 2.86. The normalized spacial score (nSPS) is 23.3. The standard InChI is InChI=1S/C15H22N2OS/c1-10-5-6-13(14(9-10)16-4)15(18)17-7-8-19-12(3)11(17)2/h5-6,9,11-12,16H,7-8H2,1-4H3. The van der Waals surface area contributed by atoms with Crippen LogP contribution in [0.15, 0.2) is 18.2 Å². The van der Waals surface area contributed by atoms with Crippen molar-refractivity contribution in [1.29, 1.82) is 0 Å². The highest BCUT2D eigenvalue weighted by Gasteiger charge is 2.30. The SMILES string of the molecule is CNc1cc(C)ccc1C(=O)N1CCSC(C)C1C. The fourth-order valence-corrected chi connectivity index (χ4v) is 3.53. The molecule has 104 valence electrons. The van der Waals surface area contributed by atoms with Crippen LogP contribution in [0.1, 0.15) is 29.8 Å². The lowest BCUT2D eigenvalue weighted by atomic mass is 10.1. The van der Waals surface area contributed by atoms with Gasteiger partial charge in [0.15, 0.2) is 0 Å². The lowest BCUT2D eigenvalue weighted by molar-refractivity contribution is 0.0699. The first-order valence-corrected chi connectivity index (χ1v) is 7.80. The maximum Gasteiger partial charge on any atom is 0.256 e. The van der Waals surface area contributed by atoms with E-state index in [4.69, 9.17) is 0 Å². The molecule has 2 atom stereocenters. The summed E-state index contributed by atoms with van der Waals surface area (Å²) in [5, 5.41) is 3.63. The van der Waals surface area contributed by atoms with Gasteiger partial charge in [0.1, 0.15) is 0 Å². The lowest BCUT2D eigenvalue weighted by Crippen LogP contribution is -2.48. The molecular formula is C15H22N2OS. The van der Waals surface area contributed by atoms with Crippen molar-refractivity contribution < 1.29 is 4.79 Å². The average molecular weight is 278 g/mol. The quantitative estimate of drug-likeness (QED) is 0.902. The van der Waals surface area contributed by atoms with E-state index in [1.807, 2.05) is 48.8 Å². The van der Waals surface area contributed by atoms with Crippen LogP contribution in [0.25, 0.3) is 0 Å². The minimum atomic E-state index is 0.143. The molecule has 1 aromatic carbocycles. The molecule has 1 saturated heterocycles. The maximum absolute atomic E-state index is 12.7. The predicted molar refractivity (Wildman–Crippen MR) is 83.1 cm³/mol. The minimum Gasteiger partial charge on any atom is -0.387 e. The number of aryl methyl sites for hydroxylation is 1. The molecule has 0 spiro atoms. The van der Waals surface area contributed by atoms with Crippen LogP contribution in [0, 0.1) is 6.92 Å². The number of amides is 1. The van der Waals surface area contributed by atoms with Gasteiger partial charge in [0.05, 0.1) is 5.56 Å². The van der Waals surface area contributed by atoms with Crippen molar-refractivity contribution in [2.75, 3.05) is 24.7 Å². The zero-order chi connectivity index (χ0) is 14.0. The van der Waals surface area contributed by atoms with Gasteiger partial charge in [-0.1, -0.05) is 13.0 Å². The third kappa shape index (κ3) is 2.89. The molecule has 0 aromatic heterocycles. The first kappa shape index (κ1) is 14.3. The molecule has 1 amide bonds. The molecule has 1 aromatic rings. The molecule has 19 heavy (non-hydrogen) atoms. The number of carbonyl (C=O) groups excluding carboxylic acids is 1. The van der Waals surface area contributed by atoms with E-state index in [2.05, 4.69) is 19.2 Å². The van der Waals surface area contributed by atoms with E-state index in [0.717, 1.165) is 29.1 Å². The second-order valence-corrected chi connectivity index (χ2v) is 6.60. The van der Waals surface area contributed by atoms with Gasteiger partial charge in [-0.25, -0.2) is 0 Å². The summed E-state index contributed by atoms with van der Waals surface area (Å²) < 4.78 is 0. The van der Waals surface area contributed by atoms with Gasteiger partial charge in [-0.3, -0.25) is 4.79 Å².